The first-order chi connectivity index (χ1) is 16.9. The number of phenolic OH excluding ortho intramolecular Hbond substituents is 1. The van der Waals surface area contributed by atoms with Crippen molar-refractivity contribution >= 4 is 11.9 Å². The van der Waals surface area contributed by atoms with E-state index in [0.29, 0.717) is 48.0 Å². The maximum Gasteiger partial charge on any atom is 0.338 e. The van der Waals surface area contributed by atoms with E-state index in [4.69, 9.17) is 9.47 Å². The monoisotopic (exact) mass is 480 g/mol. The summed E-state index contributed by atoms with van der Waals surface area (Å²) < 4.78 is 11.1. The maximum atomic E-state index is 12.3. The van der Waals surface area contributed by atoms with Gasteiger partial charge in [0.2, 0.25) is 0 Å². The lowest BCUT2D eigenvalue weighted by Crippen LogP contribution is -2.30. The normalized spacial score (nSPS) is 29.3. The fraction of sp³-hybridized carbons (Fsp3) is 0.517. The minimum atomic E-state index is -0.375. The molecule has 0 spiro atoms. The minimum absolute atomic E-state index is 0.102. The second-order valence-electron chi connectivity index (χ2n) is 10.2. The van der Waals surface area contributed by atoms with Crippen LogP contribution in [0.3, 0.4) is 0 Å². The second-order valence-corrected chi connectivity index (χ2v) is 10.2. The van der Waals surface area contributed by atoms with Gasteiger partial charge < -0.3 is 19.7 Å². The standard InChI is InChI=1S/C29H36O6/c1-3-19(5-4-18(2)30)28(32)34-15-13-22-16-23-17-26(22)27-20(8-11-25(23)27)12-14-35-29(33)21-6-9-24(31)10-7-21/h3-7,9-10,20,22-23,25-27,30-31H,2,8,11-17H2,1H3/b5-4-,19-3+. The summed E-state index contributed by atoms with van der Waals surface area (Å²) in [6.45, 7) is 5.98. The van der Waals surface area contributed by atoms with Crippen molar-refractivity contribution in [2.24, 2.45) is 35.5 Å². The molecule has 0 saturated heterocycles. The van der Waals surface area contributed by atoms with Crippen LogP contribution in [0.4, 0.5) is 0 Å². The molecule has 6 heteroatoms. The van der Waals surface area contributed by atoms with Crippen molar-refractivity contribution in [2.75, 3.05) is 13.2 Å². The van der Waals surface area contributed by atoms with Gasteiger partial charge in [0, 0.05) is 0 Å². The Morgan fingerprint density at radius 2 is 1.71 bits per heavy atom. The summed E-state index contributed by atoms with van der Waals surface area (Å²) >= 11 is 0. The predicted molar refractivity (Wildman–Crippen MR) is 133 cm³/mol. The van der Waals surface area contributed by atoms with Crippen LogP contribution >= 0.6 is 0 Å². The topological polar surface area (TPSA) is 93.1 Å². The van der Waals surface area contributed by atoms with E-state index in [1.54, 1.807) is 25.1 Å². The van der Waals surface area contributed by atoms with Gasteiger partial charge in [-0.3, -0.25) is 0 Å². The number of fused-ring (bicyclic) bond motifs is 5. The van der Waals surface area contributed by atoms with E-state index >= 15 is 0 Å². The van der Waals surface area contributed by atoms with Crippen molar-refractivity contribution < 1.29 is 29.3 Å². The number of hydrogen-bond donors (Lipinski definition) is 2. The first kappa shape index (κ1) is 25.1. The summed E-state index contributed by atoms with van der Waals surface area (Å²) in [5.74, 6) is 3.40. The zero-order chi connectivity index (χ0) is 24.9. The number of hydrogen-bond acceptors (Lipinski definition) is 6. The van der Waals surface area contributed by atoms with Crippen LogP contribution in [0.1, 0.15) is 55.8 Å². The summed E-state index contributed by atoms with van der Waals surface area (Å²) in [6, 6.07) is 6.14. The molecule has 3 saturated carbocycles. The number of ether oxygens (including phenoxy) is 2. The predicted octanol–water partition coefficient (Wildman–Crippen LogP) is 5.75. The first-order valence-corrected chi connectivity index (χ1v) is 12.7. The third-order valence-electron chi connectivity index (χ3n) is 8.34. The van der Waals surface area contributed by atoms with Gasteiger partial charge in [-0.05, 0) is 117 Å². The molecule has 35 heavy (non-hydrogen) atoms. The molecule has 3 aliphatic carbocycles. The quantitative estimate of drug-likeness (QED) is 0.192. The Labute approximate surface area is 207 Å². The zero-order valence-electron chi connectivity index (χ0n) is 20.4. The molecule has 0 aliphatic heterocycles. The smallest absolute Gasteiger partial charge is 0.338 e. The number of carbonyl (C=O) groups excluding carboxylic acids is 2. The molecule has 1 aromatic carbocycles. The van der Waals surface area contributed by atoms with Crippen LogP contribution < -0.4 is 0 Å². The molecule has 0 radical (unpaired) electrons. The molecular formula is C29H36O6. The molecule has 0 heterocycles. The van der Waals surface area contributed by atoms with Crippen LogP contribution in [0.5, 0.6) is 5.75 Å². The third kappa shape index (κ3) is 5.80. The zero-order valence-corrected chi connectivity index (χ0v) is 20.4. The van der Waals surface area contributed by atoms with Crippen LogP contribution in [0, 0.1) is 35.5 Å². The van der Waals surface area contributed by atoms with Crippen molar-refractivity contribution in [3.8, 4) is 5.75 Å². The van der Waals surface area contributed by atoms with Crippen LogP contribution in [-0.2, 0) is 14.3 Å². The Morgan fingerprint density at radius 3 is 2.43 bits per heavy atom. The summed E-state index contributed by atoms with van der Waals surface area (Å²) in [5, 5.41) is 18.6. The SMILES string of the molecule is C=C(O)/C=C\C(=C/C)C(=O)OCCC1CC2CC1C1C(CCOC(=O)c3ccc(O)cc3)CCC21. The van der Waals surface area contributed by atoms with Gasteiger partial charge in [0.05, 0.1) is 24.4 Å². The van der Waals surface area contributed by atoms with Gasteiger partial charge in [-0.15, -0.1) is 0 Å². The van der Waals surface area contributed by atoms with Crippen molar-refractivity contribution in [3.63, 3.8) is 0 Å². The molecule has 2 bridgehead atoms. The Morgan fingerprint density at radius 1 is 1.00 bits per heavy atom. The van der Waals surface area contributed by atoms with E-state index in [2.05, 4.69) is 6.58 Å². The largest absolute Gasteiger partial charge is 0.509 e. The van der Waals surface area contributed by atoms with E-state index in [1.807, 2.05) is 0 Å². The van der Waals surface area contributed by atoms with Crippen molar-refractivity contribution in [3.05, 3.63) is 66.0 Å². The van der Waals surface area contributed by atoms with Gasteiger partial charge in [-0.1, -0.05) is 12.7 Å². The molecule has 2 N–H and O–H groups in total. The highest BCUT2D eigenvalue weighted by molar-refractivity contribution is 5.91. The minimum Gasteiger partial charge on any atom is -0.509 e. The average molecular weight is 481 g/mol. The number of aromatic hydroxyl groups is 1. The molecule has 0 aromatic heterocycles. The van der Waals surface area contributed by atoms with Gasteiger partial charge in [0.15, 0.2) is 0 Å². The molecule has 6 unspecified atom stereocenters. The highest BCUT2D eigenvalue weighted by Gasteiger charge is 2.56. The van der Waals surface area contributed by atoms with Crippen LogP contribution in [-0.4, -0.2) is 35.4 Å². The van der Waals surface area contributed by atoms with E-state index < -0.39 is 0 Å². The van der Waals surface area contributed by atoms with Gasteiger partial charge in [-0.2, -0.15) is 0 Å². The fourth-order valence-corrected chi connectivity index (χ4v) is 6.89. The number of phenols is 1. The average Bonchev–Trinajstić information content (AvgIpc) is 3.53. The lowest BCUT2D eigenvalue weighted by atomic mass is 9.71. The van der Waals surface area contributed by atoms with Crippen molar-refractivity contribution in [2.45, 2.75) is 45.4 Å². The second kappa shape index (κ2) is 11.1. The van der Waals surface area contributed by atoms with Crippen LogP contribution in [0.2, 0.25) is 0 Å². The first-order valence-electron chi connectivity index (χ1n) is 12.7. The summed E-state index contributed by atoms with van der Waals surface area (Å²) in [5.41, 5.74) is 0.866. The van der Waals surface area contributed by atoms with Crippen LogP contribution in [0.25, 0.3) is 0 Å². The molecule has 1 aromatic rings. The molecule has 6 atom stereocenters. The number of carbonyl (C=O) groups is 2. The van der Waals surface area contributed by atoms with Gasteiger partial charge >= 0.3 is 11.9 Å². The highest BCUT2D eigenvalue weighted by atomic mass is 16.5. The summed E-state index contributed by atoms with van der Waals surface area (Å²) in [4.78, 5) is 24.6. The number of rotatable bonds is 10. The fourth-order valence-electron chi connectivity index (χ4n) is 6.89. The lowest BCUT2D eigenvalue weighted by Gasteiger charge is -2.34. The van der Waals surface area contributed by atoms with Crippen molar-refractivity contribution in [1.29, 1.82) is 0 Å². The van der Waals surface area contributed by atoms with Gasteiger partial charge in [-0.25, -0.2) is 9.59 Å². The highest BCUT2D eigenvalue weighted by Crippen LogP contribution is 2.63. The number of aliphatic hydroxyl groups is 1. The van der Waals surface area contributed by atoms with Gasteiger partial charge in [0.1, 0.15) is 11.5 Å². The van der Waals surface area contributed by atoms with Gasteiger partial charge in [0.25, 0.3) is 0 Å². The lowest BCUT2D eigenvalue weighted by molar-refractivity contribution is -0.139. The van der Waals surface area contributed by atoms with Crippen molar-refractivity contribution in [1.82, 2.24) is 0 Å². The number of benzene rings is 1. The number of allylic oxidation sites excluding steroid dienone is 2. The molecule has 3 aliphatic rings. The molecular weight excluding hydrogens is 444 g/mol. The number of esters is 2. The van der Waals surface area contributed by atoms with E-state index in [0.717, 1.165) is 24.7 Å². The molecule has 3 fully saturated rings. The third-order valence-corrected chi connectivity index (χ3v) is 8.34. The molecule has 188 valence electrons. The maximum absolute atomic E-state index is 12.3. The van der Waals surface area contributed by atoms with E-state index in [9.17, 15) is 19.8 Å². The Hall–Kier alpha value is -3.02. The Bertz CT molecular complexity index is 991. The molecule has 4 rings (SSSR count). The molecule has 0 amide bonds. The number of aliphatic hydroxyl groups excluding tert-OH is 1. The Kier molecular flexibility index (Phi) is 7.99. The van der Waals surface area contributed by atoms with Crippen LogP contribution in [0.15, 0.2) is 60.4 Å². The van der Waals surface area contributed by atoms with E-state index in [-0.39, 0.29) is 23.4 Å². The molecule has 6 nitrogen and oxygen atoms in total. The summed E-state index contributed by atoms with van der Waals surface area (Å²) in [6.07, 6.45) is 11.3. The Balaban J connectivity index is 1.24. The van der Waals surface area contributed by atoms with E-state index in [1.165, 1.54) is 50.0 Å². The summed E-state index contributed by atoms with van der Waals surface area (Å²) in [7, 11) is 0.